The maximum absolute atomic E-state index is 17.2. The summed E-state index contributed by atoms with van der Waals surface area (Å²) in [7, 11) is 0. The minimum Gasteiger partial charge on any atom is -0.508 e. The summed E-state index contributed by atoms with van der Waals surface area (Å²) < 4.78 is 29.5. The molecule has 0 unspecified atom stereocenters. The molecular weight excluding hydrogens is 930 g/mol. The summed E-state index contributed by atoms with van der Waals surface area (Å²) in [4.78, 5) is 63.0. The number of piperazine rings is 1. The lowest BCUT2D eigenvalue weighted by Crippen LogP contribution is -2.53. The van der Waals surface area contributed by atoms with E-state index in [1.54, 1.807) is 30.2 Å². The van der Waals surface area contributed by atoms with E-state index in [0.29, 0.717) is 60.5 Å². The number of fused-ring (bicyclic) bond motifs is 3. The van der Waals surface area contributed by atoms with Gasteiger partial charge < -0.3 is 39.3 Å². The standard InChI is InChI=1S/C56H66FN9O7/c1-3-36-5-4-6-37-24-40(67)25-42(46(36)37)48-47(57)49-43(28-58-48)50(65-21-22-72-33-54(2,71)31-65)61-53(60-49)73-34-56(11-12-56)32-63-15-13-55(14-16-63)26-35(27-55)29-62-17-19-64(20-18-62)39-7-8-41-38(23-39)30-66(52(41)70)44-9-10-45(68)59-51(44)69/h4-8,23-25,28,35,44,67,71H,3,9-22,26-27,29-34H2,1-2H3,(H,59,68,69)/t44-,54+/m0/s1. The van der Waals surface area contributed by atoms with Gasteiger partial charge in [0.05, 0.1) is 31.8 Å². The molecule has 73 heavy (non-hydrogen) atoms. The molecule has 2 atom stereocenters. The number of aromatic hydroxyl groups is 1. The van der Waals surface area contributed by atoms with E-state index in [-0.39, 0.29) is 65.7 Å². The number of aryl methyl sites for hydroxylation is 1. The van der Waals surface area contributed by atoms with Crippen LogP contribution in [0.1, 0.15) is 86.7 Å². The van der Waals surface area contributed by atoms with E-state index in [4.69, 9.17) is 19.4 Å². The number of pyridine rings is 1. The van der Waals surface area contributed by atoms with Crippen LogP contribution >= 0.6 is 0 Å². The number of anilines is 2. The Hall–Kier alpha value is -6.01. The number of phenols is 1. The highest BCUT2D eigenvalue weighted by atomic mass is 19.1. The number of β-amino-alcohol motifs (C(OH)–C–C–N with tert-alkyl or cyclic N) is 1. The molecule has 1 spiro atoms. The van der Waals surface area contributed by atoms with Crippen molar-refractivity contribution in [1.82, 2.24) is 35.0 Å². The zero-order valence-corrected chi connectivity index (χ0v) is 42.0. The molecule has 2 aromatic heterocycles. The zero-order valence-electron chi connectivity index (χ0n) is 42.0. The molecule has 2 aliphatic carbocycles. The van der Waals surface area contributed by atoms with Gasteiger partial charge in [-0.2, -0.15) is 9.97 Å². The van der Waals surface area contributed by atoms with E-state index >= 15 is 4.39 Å². The highest BCUT2D eigenvalue weighted by Crippen LogP contribution is 2.54. The number of aromatic nitrogens is 3. The highest BCUT2D eigenvalue weighted by molar-refractivity contribution is 6.06. The third kappa shape index (κ3) is 9.35. The van der Waals surface area contributed by atoms with Crippen molar-refractivity contribution in [3.63, 3.8) is 0 Å². The van der Waals surface area contributed by atoms with E-state index < -0.39 is 17.5 Å². The van der Waals surface area contributed by atoms with Crippen molar-refractivity contribution < 1.29 is 38.5 Å². The first-order chi connectivity index (χ1) is 35.2. The first-order valence-electron chi connectivity index (χ1n) is 26.5. The van der Waals surface area contributed by atoms with E-state index in [1.807, 2.05) is 35.2 Å². The second-order valence-corrected chi connectivity index (χ2v) is 22.7. The van der Waals surface area contributed by atoms with Crippen LogP contribution in [-0.2, 0) is 27.3 Å². The number of nitrogens with zero attached hydrogens (tertiary/aromatic N) is 8. The van der Waals surface area contributed by atoms with Gasteiger partial charge in [-0.25, -0.2) is 4.39 Å². The monoisotopic (exact) mass is 996 g/mol. The number of phenolic OH excluding ortho intramolecular Hbond substituents is 1. The largest absolute Gasteiger partial charge is 0.508 e. The predicted octanol–water partition coefficient (Wildman–Crippen LogP) is 6.07. The number of carbonyl (C=O) groups is 3. The summed E-state index contributed by atoms with van der Waals surface area (Å²) in [5, 5.41) is 26.4. The molecule has 2 saturated carbocycles. The number of imide groups is 1. The van der Waals surface area contributed by atoms with Crippen molar-refractivity contribution in [3.8, 4) is 23.0 Å². The summed E-state index contributed by atoms with van der Waals surface area (Å²) in [5.74, 6) is -0.251. The van der Waals surface area contributed by atoms with Gasteiger partial charge >= 0.3 is 6.01 Å². The molecule has 7 aliphatic rings. The van der Waals surface area contributed by atoms with Crippen LogP contribution in [0.3, 0.4) is 0 Å². The lowest BCUT2D eigenvalue weighted by atomic mass is 9.57. The van der Waals surface area contributed by atoms with Crippen LogP contribution in [0, 0.1) is 22.6 Å². The SMILES string of the molecule is CCc1cccc2cc(O)cc(-c3ncc4c(N5CCOC[C@](C)(O)C5)nc(OCC5(CN6CCC7(CC6)CC(CN6CCN(c8ccc9c(c8)CN([C@H]8CCC(=O)NC8=O)C9=O)CC6)C7)CC5)nc4c3F)c12. The zero-order chi connectivity index (χ0) is 50.2. The van der Waals surface area contributed by atoms with Crippen molar-refractivity contribution in [3.05, 3.63) is 77.2 Å². The van der Waals surface area contributed by atoms with E-state index in [0.717, 1.165) is 105 Å². The van der Waals surface area contributed by atoms with Gasteiger partial charge in [-0.3, -0.25) is 29.6 Å². The number of amides is 3. The molecule has 17 heteroatoms. The Morgan fingerprint density at radius 3 is 2.49 bits per heavy atom. The topological polar surface area (TPSA) is 177 Å². The van der Waals surface area contributed by atoms with Gasteiger partial charge in [-0.15, -0.1) is 0 Å². The van der Waals surface area contributed by atoms with Crippen molar-refractivity contribution >= 4 is 50.9 Å². The number of nitrogens with one attached hydrogen (secondary N) is 1. The predicted molar refractivity (Wildman–Crippen MR) is 274 cm³/mol. The first-order valence-corrected chi connectivity index (χ1v) is 26.5. The van der Waals surface area contributed by atoms with Crippen LogP contribution in [0.5, 0.6) is 11.8 Å². The molecule has 4 saturated heterocycles. The van der Waals surface area contributed by atoms with Crippen molar-refractivity contribution in [2.75, 3.05) is 95.1 Å². The molecular formula is C56H66FN9O7. The molecule has 3 N–H and O–H groups in total. The Bertz CT molecular complexity index is 3000. The van der Waals surface area contributed by atoms with Gasteiger partial charge in [0.15, 0.2) is 5.82 Å². The molecule has 0 radical (unpaired) electrons. The normalized spacial score (nSPS) is 24.5. The molecule has 0 bridgehead atoms. The molecule has 6 fully saturated rings. The van der Waals surface area contributed by atoms with E-state index in [9.17, 15) is 24.6 Å². The molecule has 5 aliphatic heterocycles. The number of benzene rings is 3. The minimum atomic E-state index is -1.16. The molecule has 3 amide bonds. The number of carbonyl (C=O) groups excluding carboxylic acids is 3. The summed E-state index contributed by atoms with van der Waals surface area (Å²) in [6, 6.07) is 14.7. The molecule has 5 aromatic rings. The Morgan fingerprint density at radius 2 is 1.73 bits per heavy atom. The smallest absolute Gasteiger partial charge is 0.319 e. The number of ether oxygens (including phenoxy) is 2. The van der Waals surface area contributed by atoms with Crippen molar-refractivity contribution in [2.24, 2.45) is 16.7 Å². The average molecular weight is 996 g/mol. The fraction of sp³-hybridized carbons (Fsp3) is 0.536. The molecule has 3 aromatic carbocycles. The molecule has 16 nitrogen and oxygen atoms in total. The Labute approximate surface area is 424 Å². The van der Waals surface area contributed by atoms with Crippen LogP contribution in [0.15, 0.2) is 54.7 Å². The van der Waals surface area contributed by atoms with Gasteiger partial charge in [0.1, 0.15) is 34.4 Å². The van der Waals surface area contributed by atoms with E-state index in [2.05, 4.69) is 38.0 Å². The summed E-state index contributed by atoms with van der Waals surface area (Å²) in [5.41, 5.74) is 3.62. The second-order valence-electron chi connectivity index (χ2n) is 22.7. The number of piperidine rings is 2. The maximum Gasteiger partial charge on any atom is 0.319 e. The molecule has 7 heterocycles. The fourth-order valence-corrected chi connectivity index (χ4v) is 13.1. The Balaban J connectivity index is 0.660. The maximum atomic E-state index is 17.2. The molecule has 12 rings (SSSR count). The van der Waals surface area contributed by atoms with Crippen molar-refractivity contribution in [2.45, 2.75) is 89.8 Å². The van der Waals surface area contributed by atoms with Crippen molar-refractivity contribution in [1.29, 1.82) is 0 Å². The third-order valence-electron chi connectivity index (χ3n) is 17.2. The van der Waals surface area contributed by atoms with E-state index in [1.165, 1.54) is 25.7 Å². The number of halogens is 1. The number of likely N-dealkylation sites (tertiary alicyclic amines) is 1. The van der Waals surface area contributed by atoms with Crippen LogP contribution in [0.4, 0.5) is 15.9 Å². The highest BCUT2D eigenvalue weighted by Gasteiger charge is 2.50. The minimum absolute atomic E-state index is 0.0217. The number of aliphatic hydroxyl groups is 1. The van der Waals surface area contributed by atoms with Gasteiger partial charge in [0, 0.05) is 87.2 Å². The quantitative estimate of drug-likeness (QED) is 0.123. The summed E-state index contributed by atoms with van der Waals surface area (Å²) >= 11 is 0. The lowest BCUT2D eigenvalue weighted by Gasteiger charge is -2.54. The Kier molecular flexibility index (Phi) is 12.3. The fourth-order valence-electron chi connectivity index (χ4n) is 13.1. The number of hydrogen-bond acceptors (Lipinski definition) is 14. The second kappa shape index (κ2) is 18.7. The van der Waals surface area contributed by atoms with Gasteiger partial charge in [-0.05, 0) is 135 Å². The van der Waals surface area contributed by atoms with Crippen LogP contribution in [0.25, 0.3) is 32.9 Å². The van der Waals surface area contributed by atoms with Crippen LogP contribution in [0.2, 0.25) is 0 Å². The molecule has 384 valence electrons. The third-order valence-corrected chi connectivity index (χ3v) is 17.2. The lowest BCUT2D eigenvalue weighted by molar-refractivity contribution is -0.136. The van der Waals surface area contributed by atoms with Gasteiger partial charge in [0.2, 0.25) is 11.8 Å². The van der Waals surface area contributed by atoms with Gasteiger partial charge in [-0.1, -0.05) is 25.1 Å². The summed E-state index contributed by atoms with van der Waals surface area (Å²) in [6.45, 7) is 13.9. The van der Waals surface area contributed by atoms with Gasteiger partial charge in [0.25, 0.3) is 5.91 Å². The van der Waals surface area contributed by atoms with Crippen LogP contribution < -0.4 is 19.9 Å². The first kappa shape index (κ1) is 48.0. The number of rotatable bonds is 12. The van der Waals surface area contributed by atoms with Crippen LogP contribution in [-0.4, -0.2) is 154 Å². The average Bonchev–Trinajstić information content (AvgIpc) is 4.10. The number of hydrogen-bond donors (Lipinski definition) is 3. The summed E-state index contributed by atoms with van der Waals surface area (Å²) in [6.07, 6.45) is 10.00. The Morgan fingerprint density at radius 1 is 0.918 bits per heavy atom.